The first-order valence-corrected chi connectivity index (χ1v) is 17.1. The van der Waals surface area contributed by atoms with Gasteiger partial charge >= 0.3 is 0 Å². The molecule has 0 spiro atoms. The number of hydrogen-bond acceptors (Lipinski definition) is 5. The molecule has 4 N–H and O–H groups in total. The van der Waals surface area contributed by atoms with Crippen LogP contribution in [0.25, 0.3) is 111 Å². The lowest BCUT2D eigenvalue weighted by atomic mass is 9.82. The van der Waals surface area contributed by atoms with E-state index in [0.29, 0.717) is 0 Å². The number of fused-ring (bicyclic) bond motifs is 5. The third-order valence-corrected chi connectivity index (χ3v) is 10.1. The van der Waals surface area contributed by atoms with Crippen molar-refractivity contribution < 1.29 is 0 Å². The minimum absolute atomic E-state index is 0.767. The van der Waals surface area contributed by atoms with Crippen molar-refractivity contribution in [3.8, 4) is 56.2 Å². The van der Waals surface area contributed by atoms with Gasteiger partial charge in [-0.25, -0.2) is 4.98 Å². The van der Waals surface area contributed by atoms with Crippen LogP contribution < -0.4 is 0 Å². The van der Waals surface area contributed by atoms with Crippen molar-refractivity contribution in [3.05, 3.63) is 140 Å². The lowest BCUT2D eigenvalue weighted by Crippen LogP contribution is -2.01. The number of benzene rings is 6. The van der Waals surface area contributed by atoms with E-state index >= 15 is 0 Å². The molecule has 11 aromatic rings. The van der Waals surface area contributed by atoms with E-state index in [1.807, 2.05) is 36.4 Å². The van der Waals surface area contributed by atoms with Gasteiger partial charge in [0.2, 0.25) is 0 Å². The standard InChI is InChI=1S/C43H27N9/c1-5-15-31-24(10-1)20-21-35(44-31)38-29(26-14-9-19-36-41(26)51-52-48-36)23-30(37-22-25-11-2-6-16-32(25)45-37)39(42-27-12-3-7-17-33(27)46-49-42)40(38)43-28-13-4-8-18-34(28)47-50-43/h1-23,45H,(H,46,49)(H,47,50)(H,48,51,52). The van der Waals surface area contributed by atoms with Gasteiger partial charge in [-0.3, -0.25) is 15.3 Å². The van der Waals surface area contributed by atoms with Gasteiger partial charge in [-0.2, -0.15) is 10.2 Å². The molecule has 52 heavy (non-hydrogen) atoms. The van der Waals surface area contributed by atoms with E-state index in [1.165, 1.54) is 0 Å². The van der Waals surface area contributed by atoms with Crippen molar-refractivity contribution in [1.29, 1.82) is 0 Å². The topological polar surface area (TPSA) is 128 Å². The summed E-state index contributed by atoms with van der Waals surface area (Å²) in [5.41, 5.74) is 14.4. The van der Waals surface area contributed by atoms with Crippen LogP contribution in [0, 0.1) is 0 Å². The van der Waals surface area contributed by atoms with E-state index in [9.17, 15) is 0 Å². The Labute approximate surface area is 295 Å². The third-order valence-electron chi connectivity index (χ3n) is 10.1. The summed E-state index contributed by atoms with van der Waals surface area (Å²) in [5.74, 6) is 0. The number of hydrogen-bond donors (Lipinski definition) is 4. The summed E-state index contributed by atoms with van der Waals surface area (Å²) in [6.45, 7) is 0. The average molecular weight is 670 g/mol. The second-order valence-corrected chi connectivity index (χ2v) is 13.0. The molecule has 9 nitrogen and oxygen atoms in total. The molecule has 0 atom stereocenters. The first-order valence-electron chi connectivity index (χ1n) is 17.1. The van der Waals surface area contributed by atoms with Crippen LogP contribution >= 0.6 is 0 Å². The quantitative estimate of drug-likeness (QED) is 0.145. The lowest BCUT2D eigenvalue weighted by molar-refractivity contribution is 0.959. The highest BCUT2D eigenvalue weighted by Crippen LogP contribution is 2.52. The summed E-state index contributed by atoms with van der Waals surface area (Å²) in [5, 5.41) is 32.9. The van der Waals surface area contributed by atoms with Crippen LogP contribution in [0.5, 0.6) is 0 Å². The number of para-hydroxylation sites is 4. The van der Waals surface area contributed by atoms with Crippen LogP contribution in [-0.4, -0.2) is 45.8 Å². The number of nitrogens with zero attached hydrogens (tertiary/aromatic N) is 5. The molecule has 6 aromatic carbocycles. The van der Waals surface area contributed by atoms with E-state index in [1.54, 1.807) is 0 Å². The summed E-state index contributed by atoms with van der Waals surface area (Å²) < 4.78 is 0. The molecule has 0 saturated heterocycles. The largest absolute Gasteiger partial charge is 0.355 e. The number of rotatable bonds is 5. The number of nitrogens with one attached hydrogen (secondary N) is 4. The Bertz CT molecular complexity index is 3130. The summed E-state index contributed by atoms with van der Waals surface area (Å²) in [6, 6.07) is 47.9. The van der Waals surface area contributed by atoms with Crippen molar-refractivity contribution in [1.82, 2.24) is 45.8 Å². The van der Waals surface area contributed by atoms with Gasteiger partial charge in [0.1, 0.15) is 16.9 Å². The second-order valence-electron chi connectivity index (χ2n) is 13.0. The van der Waals surface area contributed by atoms with Crippen molar-refractivity contribution in [3.63, 3.8) is 0 Å². The molecule has 244 valence electrons. The van der Waals surface area contributed by atoms with Gasteiger partial charge in [-0.05, 0) is 54.1 Å². The molecule has 0 aliphatic heterocycles. The molecule has 0 bridgehead atoms. The molecule has 5 heterocycles. The zero-order valence-electron chi connectivity index (χ0n) is 27.5. The van der Waals surface area contributed by atoms with Crippen LogP contribution in [0.3, 0.4) is 0 Å². The maximum atomic E-state index is 5.35. The van der Waals surface area contributed by atoms with E-state index < -0.39 is 0 Å². The molecule has 0 amide bonds. The van der Waals surface area contributed by atoms with Crippen LogP contribution in [0.1, 0.15) is 0 Å². The Balaban J connectivity index is 1.39. The van der Waals surface area contributed by atoms with Gasteiger partial charge in [0.15, 0.2) is 0 Å². The number of aromatic nitrogens is 9. The maximum absolute atomic E-state index is 5.35. The van der Waals surface area contributed by atoms with Crippen LogP contribution in [-0.2, 0) is 0 Å². The van der Waals surface area contributed by atoms with Gasteiger partial charge in [0.25, 0.3) is 0 Å². The second kappa shape index (κ2) is 11.1. The summed E-state index contributed by atoms with van der Waals surface area (Å²) in [4.78, 5) is 9.10. The molecule has 0 unspecified atom stereocenters. The Kier molecular flexibility index (Phi) is 6.05. The van der Waals surface area contributed by atoms with E-state index in [2.05, 4.69) is 134 Å². The van der Waals surface area contributed by atoms with Crippen LogP contribution in [0.4, 0.5) is 0 Å². The lowest BCUT2D eigenvalue weighted by Gasteiger charge is -2.22. The first-order chi connectivity index (χ1) is 25.8. The van der Waals surface area contributed by atoms with E-state index in [-0.39, 0.29) is 0 Å². The molecule has 0 aliphatic rings. The molecule has 0 saturated carbocycles. The first kappa shape index (κ1) is 28.4. The van der Waals surface area contributed by atoms with Crippen LogP contribution in [0.15, 0.2) is 140 Å². The van der Waals surface area contributed by atoms with Crippen molar-refractivity contribution >= 4 is 54.6 Å². The maximum Gasteiger partial charge on any atom is 0.120 e. The smallest absolute Gasteiger partial charge is 0.120 e. The minimum Gasteiger partial charge on any atom is -0.355 e. The summed E-state index contributed by atoms with van der Waals surface area (Å²) >= 11 is 0. The summed E-state index contributed by atoms with van der Waals surface area (Å²) in [7, 11) is 0. The molecule has 0 aliphatic carbocycles. The zero-order valence-corrected chi connectivity index (χ0v) is 27.5. The Morgan fingerprint density at radius 1 is 0.442 bits per heavy atom. The van der Waals surface area contributed by atoms with Crippen molar-refractivity contribution in [2.24, 2.45) is 0 Å². The minimum atomic E-state index is 0.767. The highest BCUT2D eigenvalue weighted by atomic mass is 15.3. The number of H-pyrrole nitrogens is 4. The van der Waals surface area contributed by atoms with E-state index in [4.69, 9.17) is 15.2 Å². The molecule has 9 heteroatoms. The predicted molar refractivity (Wildman–Crippen MR) is 208 cm³/mol. The Hall–Kier alpha value is -7.39. The monoisotopic (exact) mass is 669 g/mol. The Morgan fingerprint density at radius 3 is 1.90 bits per heavy atom. The fourth-order valence-corrected chi connectivity index (χ4v) is 7.68. The van der Waals surface area contributed by atoms with E-state index in [0.717, 1.165) is 111 Å². The molecule has 11 rings (SSSR count). The normalized spacial score (nSPS) is 11.8. The van der Waals surface area contributed by atoms with Gasteiger partial charge in [-0.1, -0.05) is 96.2 Å². The SMILES string of the molecule is c1ccc2nc(-c3c(-c4cccc5[nH]nnc45)cc(-c4cc5ccccc5[nH]4)c(-c4n[nH]c5ccccc45)c3-c3n[nH]c4ccccc34)ccc2c1. The predicted octanol–water partition coefficient (Wildman–Crippen LogP) is 10.1. The summed E-state index contributed by atoms with van der Waals surface area (Å²) in [6.07, 6.45) is 0. The molecular formula is C43H27N9. The molecule has 0 fully saturated rings. The Morgan fingerprint density at radius 2 is 1.12 bits per heavy atom. The number of pyridine rings is 1. The van der Waals surface area contributed by atoms with Crippen molar-refractivity contribution in [2.45, 2.75) is 0 Å². The molecule has 0 radical (unpaired) electrons. The van der Waals surface area contributed by atoms with Gasteiger partial charge < -0.3 is 4.98 Å². The fourth-order valence-electron chi connectivity index (χ4n) is 7.68. The highest BCUT2D eigenvalue weighted by molar-refractivity contribution is 6.14. The fraction of sp³-hybridized carbons (Fsp3) is 0. The van der Waals surface area contributed by atoms with Gasteiger partial charge in [0, 0.05) is 60.6 Å². The van der Waals surface area contributed by atoms with Crippen molar-refractivity contribution in [2.75, 3.05) is 0 Å². The third kappa shape index (κ3) is 4.26. The number of aromatic amines is 4. The zero-order chi connectivity index (χ0) is 34.2. The van der Waals surface area contributed by atoms with Crippen LogP contribution in [0.2, 0.25) is 0 Å². The van der Waals surface area contributed by atoms with Gasteiger partial charge in [0.05, 0.1) is 27.8 Å². The molecule has 5 aromatic heterocycles. The molecular weight excluding hydrogens is 643 g/mol. The highest BCUT2D eigenvalue weighted by Gasteiger charge is 2.30. The average Bonchev–Trinajstić information content (AvgIpc) is 4.02. The van der Waals surface area contributed by atoms with Gasteiger partial charge in [-0.15, -0.1) is 5.10 Å².